The average Bonchev–Trinajstić information content (AvgIpc) is 2.98. The van der Waals surface area contributed by atoms with E-state index in [1.54, 1.807) is 6.33 Å². The third-order valence-electron chi connectivity index (χ3n) is 3.68. The molecule has 3 aromatic rings. The maximum Gasteiger partial charge on any atom is 0.168 e. The molecule has 0 spiro atoms. The standard InChI is InChI=1S/C16H19N5/c1-3-12(2)9-17-15-14-10-20-21(16(14)19-11-18-15)13-7-5-4-6-8-13/h4-8,10-12H,3,9H2,1-2H3,(H,17,18,19). The van der Waals surface area contributed by atoms with Crippen molar-refractivity contribution >= 4 is 16.9 Å². The summed E-state index contributed by atoms with van der Waals surface area (Å²) in [5.74, 6) is 1.46. The lowest BCUT2D eigenvalue weighted by molar-refractivity contribution is 0.593. The third kappa shape index (κ3) is 2.72. The first-order valence-electron chi connectivity index (χ1n) is 7.27. The smallest absolute Gasteiger partial charge is 0.168 e. The molecule has 2 aromatic heterocycles. The maximum atomic E-state index is 4.45. The predicted octanol–water partition coefficient (Wildman–Crippen LogP) is 3.27. The lowest BCUT2D eigenvalue weighted by atomic mass is 10.1. The van der Waals surface area contributed by atoms with Crippen LogP contribution in [0, 0.1) is 5.92 Å². The van der Waals surface area contributed by atoms with Crippen molar-refractivity contribution < 1.29 is 0 Å². The highest BCUT2D eigenvalue weighted by Gasteiger charge is 2.11. The summed E-state index contributed by atoms with van der Waals surface area (Å²) in [5, 5.41) is 8.80. The lowest BCUT2D eigenvalue weighted by Crippen LogP contribution is -2.11. The van der Waals surface area contributed by atoms with E-state index in [0.717, 1.165) is 35.5 Å². The normalized spacial score (nSPS) is 12.5. The predicted molar refractivity (Wildman–Crippen MR) is 84.6 cm³/mol. The van der Waals surface area contributed by atoms with Gasteiger partial charge in [-0.3, -0.25) is 0 Å². The van der Waals surface area contributed by atoms with Gasteiger partial charge >= 0.3 is 0 Å². The SMILES string of the molecule is CCC(C)CNc1ncnc2c1cnn2-c1ccccc1. The number of anilines is 1. The monoisotopic (exact) mass is 281 g/mol. The molecular weight excluding hydrogens is 262 g/mol. The molecule has 0 aliphatic heterocycles. The van der Waals surface area contributed by atoms with E-state index in [4.69, 9.17) is 0 Å². The molecule has 21 heavy (non-hydrogen) atoms. The zero-order chi connectivity index (χ0) is 14.7. The molecule has 3 rings (SSSR count). The first kappa shape index (κ1) is 13.5. The number of nitrogens with one attached hydrogen (secondary N) is 1. The first-order valence-corrected chi connectivity index (χ1v) is 7.27. The Balaban J connectivity index is 1.97. The van der Waals surface area contributed by atoms with Crippen LogP contribution in [-0.2, 0) is 0 Å². The minimum Gasteiger partial charge on any atom is -0.369 e. The van der Waals surface area contributed by atoms with E-state index in [2.05, 4.69) is 34.2 Å². The van der Waals surface area contributed by atoms with Gasteiger partial charge in [0.25, 0.3) is 0 Å². The molecular formula is C16H19N5. The van der Waals surface area contributed by atoms with Gasteiger partial charge in [0.1, 0.15) is 12.1 Å². The fourth-order valence-corrected chi connectivity index (χ4v) is 2.16. The summed E-state index contributed by atoms with van der Waals surface area (Å²) in [6, 6.07) is 10.0. The van der Waals surface area contributed by atoms with E-state index < -0.39 is 0 Å². The van der Waals surface area contributed by atoms with E-state index in [9.17, 15) is 0 Å². The minimum atomic E-state index is 0.610. The van der Waals surface area contributed by atoms with Crippen molar-refractivity contribution in [3.63, 3.8) is 0 Å². The highest BCUT2D eigenvalue weighted by atomic mass is 15.3. The van der Waals surface area contributed by atoms with Crippen LogP contribution in [0.25, 0.3) is 16.7 Å². The van der Waals surface area contributed by atoms with Crippen molar-refractivity contribution in [3.05, 3.63) is 42.9 Å². The molecule has 1 aromatic carbocycles. The molecule has 0 fully saturated rings. The molecule has 5 heteroatoms. The van der Waals surface area contributed by atoms with Gasteiger partial charge in [0.05, 0.1) is 17.3 Å². The number of fused-ring (bicyclic) bond motifs is 1. The van der Waals surface area contributed by atoms with Crippen molar-refractivity contribution in [3.8, 4) is 5.69 Å². The topological polar surface area (TPSA) is 55.6 Å². The molecule has 1 atom stereocenters. The maximum absolute atomic E-state index is 4.45. The van der Waals surface area contributed by atoms with Crippen LogP contribution in [-0.4, -0.2) is 26.3 Å². The second-order valence-electron chi connectivity index (χ2n) is 5.25. The number of hydrogen-bond acceptors (Lipinski definition) is 4. The molecule has 0 aliphatic rings. The van der Waals surface area contributed by atoms with Crippen molar-refractivity contribution in [1.29, 1.82) is 0 Å². The largest absolute Gasteiger partial charge is 0.369 e. The van der Waals surface area contributed by atoms with Gasteiger partial charge in [-0.05, 0) is 18.1 Å². The summed E-state index contributed by atoms with van der Waals surface area (Å²) in [6.07, 6.45) is 4.55. The fraction of sp³-hybridized carbons (Fsp3) is 0.312. The van der Waals surface area contributed by atoms with Gasteiger partial charge < -0.3 is 5.32 Å². The Kier molecular flexibility index (Phi) is 3.81. The molecule has 0 aliphatic carbocycles. The van der Waals surface area contributed by atoms with Gasteiger partial charge in [-0.1, -0.05) is 38.5 Å². The molecule has 0 bridgehead atoms. The van der Waals surface area contributed by atoms with Crippen LogP contribution in [0.5, 0.6) is 0 Å². The van der Waals surface area contributed by atoms with Crippen LogP contribution in [0.4, 0.5) is 5.82 Å². The van der Waals surface area contributed by atoms with Crippen LogP contribution in [0.15, 0.2) is 42.9 Å². The van der Waals surface area contributed by atoms with Gasteiger partial charge in [0, 0.05) is 6.54 Å². The van der Waals surface area contributed by atoms with Crippen molar-refractivity contribution in [2.24, 2.45) is 5.92 Å². The van der Waals surface area contributed by atoms with Gasteiger partial charge in [0.15, 0.2) is 5.65 Å². The van der Waals surface area contributed by atoms with Crippen molar-refractivity contribution in [2.75, 3.05) is 11.9 Å². The van der Waals surface area contributed by atoms with Gasteiger partial charge in [-0.15, -0.1) is 0 Å². The van der Waals surface area contributed by atoms with Gasteiger partial charge in [-0.25, -0.2) is 14.6 Å². The number of aromatic nitrogens is 4. The number of rotatable bonds is 5. The summed E-state index contributed by atoms with van der Waals surface area (Å²) < 4.78 is 1.84. The highest BCUT2D eigenvalue weighted by Crippen LogP contribution is 2.21. The third-order valence-corrected chi connectivity index (χ3v) is 3.68. The zero-order valence-corrected chi connectivity index (χ0v) is 12.3. The molecule has 0 saturated heterocycles. The second kappa shape index (κ2) is 5.91. The number of benzene rings is 1. The summed E-state index contributed by atoms with van der Waals surface area (Å²) in [5.41, 5.74) is 1.82. The average molecular weight is 281 g/mol. The van der Waals surface area contributed by atoms with Crippen LogP contribution >= 0.6 is 0 Å². The Morgan fingerprint density at radius 1 is 1.19 bits per heavy atom. The van der Waals surface area contributed by atoms with Crippen LogP contribution < -0.4 is 5.32 Å². The molecule has 0 radical (unpaired) electrons. The number of nitrogens with zero attached hydrogens (tertiary/aromatic N) is 4. The Labute approximate surface area is 124 Å². The van der Waals surface area contributed by atoms with E-state index in [1.165, 1.54) is 0 Å². The van der Waals surface area contributed by atoms with E-state index in [0.29, 0.717) is 5.92 Å². The second-order valence-corrected chi connectivity index (χ2v) is 5.25. The number of hydrogen-bond donors (Lipinski definition) is 1. The van der Waals surface area contributed by atoms with E-state index >= 15 is 0 Å². The Morgan fingerprint density at radius 2 is 2.00 bits per heavy atom. The van der Waals surface area contributed by atoms with Crippen LogP contribution in [0.3, 0.4) is 0 Å². The van der Waals surface area contributed by atoms with E-state index in [1.807, 2.05) is 41.2 Å². The molecule has 1 N–H and O–H groups in total. The summed E-state index contributed by atoms with van der Waals surface area (Å²) in [7, 11) is 0. The summed E-state index contributed by atoms with van der Waals surface area (Å²) >= 11 is 0. The van der Waals surface area contributed by atoms with Crippen molar-refractivity contribution in [1.82, 2.24) is 19.7 Å². The van der Waals surface area contributed by atoms with Crippen LogP contribution in [0.1, 0.15) is 20.3 Å². The van der Waals surface area contributed by atoms with Gasteiger partial charge in [0.2, 0.25) is 0 Å². The summed E-state index contributed by atoms with van der Waals surface area (Å²) in [4.78, 5) is 8.72. The first-order chi connectivity index (χ1) is 10.3. The zero-order valence-electron chi connectivity index (χ0n) is 12.3. The fourth-order valence-electron chi connectivity index (χ4n) is 2.16. The molecule has 0 amide bonds. The highest BCUT2D eigenvalue weighted by molar-refractivity contribution is 5.87. The molecule has 1 unspecified atom stereocenters. The molecule has 5 nitrogen and oxygen atoms in total. The molecule has 108 valence electrons. The Morgan fingerprint density at radius 3 is 2.76 bits per heavy atom. The van der Waals surface area contributed by atoms with Crippen molar-refractivity contribution in [2.45, 2.75) is 20.3 Å². The quantitative estimate of drug-likeness (QED) is 0.779. The minimum absolute atomic E-state index is 0.610. The number of para-hydroxylation sites is 1. The van der Waals surface area contributed by atoms with Crippen LogP contribution in [0.2, 0.25) is 0 Å². The lowest BCUT2D eigenvalue weighted by Gasteiger charge is -2.11. The Hall–Kier alpha value is -2.43. The van der Waals surface area contributed by atoms with E-state index in [-0.39, 0.29) is 0 Å². The molecule has 0 saturated carbocycles. The summed E-state index contributed by atoms with van der Waals surface area (Å²) in [6.45, 7) is 5.31. The Bertz CT molecular complexity index is 720. The van der Waals surface area contributed by atoms with Gasteiger partial charge in [-0.2, -0.15) is 5.10 Å². The molecule has 2 heterocycles.